The van der Waals surface area contributed by atoms with Crippen LogP contribution in [0.5, 0.6) is 0 Å². The number of aromatic nitrogens is 5. The summed E-state index contributed by atoms with van der Waals surface area (Å²) in [7, 11) is 0. The van der Waals surface area contributed by atoms with Gasteiger partial charge in [0, 0.05) is 0 Å². The molecule has 18 heteroatoms. The van der Waals surface area contributed by atoms with E-state index in [9.17, 15) is 19.2 Å². The number of aryl methyl sites for hydroxylation is 2. The number of fused-ring (bicyclic) bond motifs is 2. The standard InChI is InChI=1S/C36H36ClIN11O4S/c1-21-4-3-5-27(37)32(21)44-33(51)28-18-39-35(54-28)42-29-17-30(41-22(2)40-29)45-12-14-46(15-13-45)38-34(52)49-20-25-16-26(49)19-48(25)24-8-6-23(7-9-24)47-11-10-31(50)43-36(47)53/h3-11,17-18,25-26H,12-16,19-20H2,1-2H3,(H,44,51)(H,43,50,53)(H,39,40,41,42)/q-1. The van der Waals surface area contributed by atoms with E-state index in [2.05, 4.69) is 43.4 Å². The molecule has 0 radical (unpaired) electrons. The molecule has 15 nitrogen and oxygen atoms in total. The first-order valence-corrected chi connectivity index (χ1v) is 20.6. The molecule has 3 fully saturated rings. The molecule has 0 saturated carbocycles. The quantitative estimate of drug-likeness (QED) is 0.0846. The Hall–Kier alpha value is -4.85. The molecule has 2 aromatic carbocycles. The third-order valence-corrected chi connectivity index (χ3v) is 13.6. The average molecular weight is 881 g/mol. The van der Waals surface area contributed by atoms with Gasteiger partial charge in [0.1, 0.15) is 0 Å². The normalized spacial score (nSPS) is 18.4. The van der Waals surface area contributed by atoms with Crippen LogP contribution in [-0.4, -0.2) is 93.7 Å². The number of piperazine rings is 2. The predicted octanol–water partition coefficient (Wildman–Crippen LogP) is 1.25. The van der Waals surface area contributed by atoms with E-state index in [1.54, 1.807) is 6.07 Å². The topological polar surface area (TPSA) is 165 Å². The van der Waals surface area contributed by atoms with Crippen molar-refractivity contribution in [3.63, 3.8) is 0 Å². The van der Waals surface area contributed by atoms with Gasteiger partial charge in [-0.15, -0.1) is 0 Å². The molecule has 2 amide bonds. The number of nitrogens with zero attached hydrogens (tertiary/aromatic N) is 8. The first-order chi connectivity index (χ1) is 26.1. The maximum atomic E-state index is 13.6. The van der Waals surface area contributed by atoms with Crippen molar-refractivity contribution in [2.75, 3.05) is 59.7 Å². The van der Waals surface area contributed by atoms with Crippen molar-refractivity contribution in [3.8, 4) is 5.69 Å². The number of aromatic amines is 1. The van der Waals surface area contributed by atoms with Gasteiger partial charge in [-0.1, -0.05) is 23.7 Å². The van der Waals surface area contributed by atoms with Gasteiger partial charge in [0.2, 0.25) is 0 Å². The van der Waals surface area contributed by atoms with Crippen LogP contribution in [0, 0.1) is 13.8 Å². The number of rotatable bonds is 9. The Labute approximate surface area is 329 Å². The molecule has 3 N–H and O–H groups in total. The second-order valence-corrected chi connectivity index (χ2v) is 17.5. The molecular formula is C36H36ClIN11O4S-. The Morgan fingerprint density at radius 1 is 0.963 bits per heavy atom. The predicted molar refractivity (Wildman–Crippen MR) is 204 cm³/mol. The number of hydrogen-bond donors (Lipinski definition) is 3. The van der Waals surface area contributed by atoms with E-state index in [0.29, 0.717) is 44.6 Å². The van der Waals surface area contributed by atoms with Crippen LogP contribution in [0.15, 0.2) is 76.6 Å². The molecule has 2 bridgehead atoms. The van der Waals surface area contributed by atoms with E-state index in [-0.39, 0.29) is 21.9 Å². The van der Waals surface area contributed by atoms with Gasteiger partial charge in [-0.2, -0.15) is 0 Å². The van der Waals surface area contributed by atoms with Gasteiger partial charge in [-0.25, -0.2) is 0 Å². The van der Waals surface area contributed by atoms with Gasteiger partial charge in [0.15, 0.2) is 0 Å². The van der Waals surface area contributed by atoms with Crippen molar-refractivity contribution < 1.29 is 31.1 Å². The maximum absolute atomic E-state index is 13.6. The third kappa shape index (κ3) is 7.57. The number of anilines is 5. The van der Waals surface area contributed by atoms with Crippen molar-refractivity contribution in [3.05, 3.63) is 109 Å². The summed E-state index contributed by atoms with van der Waals surface area (Å²) in [6, 6.07) is 16.9. The van der Waals surface area contributed by atoms with Crippen LogP contribution >= 0.6 is 22.9 Å². The van der Waals surface area contributed by atoms with E-state index < -0.39 is 32.7 Å². The number of likely N-dealkylation sites (tertiary alicyclic amines) is 1. The Bertz CT molecular complexity index is 2320. The molecule has 0 spiro atoms. The van der Waals surface area contributed by atoms with E-state index >= 15 is 0 Å². The Morgan fingerprint density at radius 2 is 1.74 bits per heavy atom. The van der Waals surface area contributed by atoms with Crippen LogP contribution in [-0.2, 0) is 0 Å². The van der Waals surface area contributed by atoms with E-state index in [1.165, 1.54) is 34.4 Å². The van der Waals surface area contributed by atoms with Gasteiger partial charge >= 0.3 is 258 Å². The minimum absolute atomic E-state index is 0.190. The minimum atomic E-state index is -0.826. The van der Waals surface area contributed by atoms with Crippen LogP contribution < -0.4 is 53.2 Å². The summed E-state index contributed by atoms with van der Waals surface area (Å²) < 4.78 is 3.99. The zero-order valence-electron chi connectivity index (χ0n) is 29.3. The summed E-state index contributed by atoms with van der Waals surface area (Å²) in [4.78, 5) is 73.1. The third-order valence-electron chi connectivity index (χ3n) is 9.74. The fourth-order valence-corrected chi connectivity index (χ4v) is 10.4. The fourth-order valence-electron chi connectivity index (χ4n) is 7.06. The first-order valence-electron chi connectivity index (χ1n) is 17.4. The molecule has 3 aliphatic rings. The van der Waals surface area contributed by atoms with E-state index in [4.69, 9.17) is 16.6 Å². The average Bonchev–Trinajstić information content (AvgIpc) is 3.91. The molecule has 6 heterocycles. The summed E-state index contributed by atoms with van der Waals surface area (Å²) in [6.45, 7) is 8.27. The molecule has 0 aliphatic carbocycles. The van der Waals surface area contributed by atoms with Crippen LogP contribution in [0.3, 0.4) is 0 Å². The second kappa shape index (κ2) is 15.1. The summed E-state index contributed by atoms with van der Waals surface area (Å²) >= 11 is 6.69. The van der Waals surface area contributed by atoms with Crippen LogP contribution in [0.2, 0.25) is 5.02 Å². The molecule has 3 saturated heterocycles. The monoisotopic (exact) mass is 880 g/mol. The van der Waals surface area contributed by atoms with Crippen molar-refractivity contribution >= 4 is 60.9 Å². The van der Waals surface area contributed by atoms with Crippen molar-refractivity contribution in [2.45, 2.75) is 32.4 Å². The van der Waals surface area contributed by atoms with E-state index in [1.807, 2.05) is 56.3 Å². The molecule has 2 unspecified atom stereocenters. The van der Waals surface area contributed by atoms with E-state index in [0.717, 1.165) is 56.2 Å². The number of thiazole rings is 1. The Morgan fingerprint density at radius 3 is 2.46 bits per heavy atom. The number of carbonyl (C=O) groups is 2. The molecule has 8 rings (SSSR count). The van der Waals surface area contributed by atoms with Gasteiger partial charge < -0.3 is 5.32 Å². The SMILES string of the molecule is Cc1nc(Nc2ncc(C(=O)Nc3c(C)cccc3Cl)s2)cc(N2CCN([I-]C(=O)N3CC4CC3CN4c3ccc(-n4ccc(=O)[nH]c4=O)cc3)CC2)n1. The number of benzene rings is 2. The Balaban J connectivity index is 0.825. The van der Waals surface area contributed by atoms with Crippen LogP contribution in [0.1, 0.15) is 27.5 Å². The number of carbonyl (C=O) groups excluding carboxylic acids is 2. The molecule has 5 aromatic rings. The number of H-pyrrole nitrogens is 1. The van der Waals surface area contributed by atoms with Crippen molar-refractivity contribution in [1.29, 1.82) is 0 Å². The van der Waals surface area contributed by atoms with Crippen LogP contribution in [0.4, 0.5) is 32.9 Å². The zero-order valence-corrected chi connectivity index (χ0v) is 33.1. The molecule has 3 aliphatic heterocycles. The number of amides is 2. The molecule has 2 atom stereocenters. The van der Waals surface area contributed by atoms with Gasteiger partial charge in [-0.05, 0) is 18.6 Å². The zero-order chi connectivity index (χ0) is 37.5. The van der Waals surface area contributed by atoms with Crippen molar-refractivity contribution in [1.82, 2.24) is 32.5 Å². The number of para-hydroxylation sites is 1. The second-order valence-electron chi connectivity index (χ2n) is 13.3. The summed E-state index contributed by atoms with van der Waals surface area (Å²) in [5.41, 5.74) is 2.28. The number of halogens is 2. The summed E-state index contributed by atoms with van der Waals surface area (Å²) in [6.07, 6.45) is 3.95. The van der Waals surface area contributed by atoms with Gasteiger partial charge in [0.05, 0.1) is 10.7 Å². The summed E-state index contributed by atoms with van der Waals surface area (Å²) in [5.74, 6) is 1.71. The number of hydrogen-bond acceptors (Lipinski definition) is 12. The molecule has 3 aromatic heterocycles. The Kier molecular flexibility index (Phi) is 10.1. The van der Waals surface area contributed by atoms with Crippen LogP contribution in [0.25, 0.3) is 5.69 Å². The number of nitrogens with one attached hydrogen (secondary N) is 3. The first kappa shape index (κ1) is 36.1. The van der Waals surface area contributed by atoms with Gasteiger partial charge in [-0.3, -0.25) is 9.59 Å². The fraction of sp³-hybridized carbons (Fsp3) is 0.306. The molecular weight excluding hydrogens is 845 g/mol. The molecule has 54 heavy (non-hydrogen) atoms. The molecule has 280 valence electrons. The van der Waals surface area contributed by atoms with Gasteiger partial charge in [0.25, 0.3) is 5.56 Å². The summed E-state index contributed by atoms with van der Waals surface area (Å²) in [5, 5.41) is 7.13. The van der Waals surface area contributed by atoms with Crippen molar-refractivity contribution in [2.24, 2.45) is 0 Å².